The van der Waals surface area contributed by atoms with E-state index in [1.807, 2.05) is 43.7 Å². The van der Waals surface area contributed by atoms with E-state index in [0.717, 1.165) is 35.7 Å². The third-order valence-electron chi connectivity index (χ3n) is 4.50. The monoisotopic (exact) mass is 403 g/mol. The lowest BCUT2D eigenvalue weighted by atomic mass is 10.2. The SMILES string of the molecule is CCNC(=NCc1c(C)nn(CCOC)c1C)Nc1ccc(OC)c(OCC)c1. The summed E-state index contributed by atoms with van der Waals surface area (Å²) in [5, 5.41) is 11.2. The quantitative estimate of drug-likeness (QED) is 0.469. The Labute approximate surface area is 173 Å². The number of aryl methyl sites for hydroxylation is 1. The molecule has 1 aromatic heterocycles. The number of ether oxygens (including phenoxy) is 3. The first kappa shape index (κ1) is 22.5. The second-order valence-electron chi connectivity index (χ2n) is 6.48. The van der Waals surface area contributed by atoms with E-state index in [0.29, 0.717) is 37.2 Å². The molecular formula is C21H33N5O3. The summed E-state index contributed by atoms with van der Waals surface area (Å²) in [6, 6.07) is 5.73. The first-order valence-corrected chi connectivity index (χ1v) is 9.91. The highest BCUT2D eigenvalue weighted by Gasteiger charge is 2.12. The van der Waals surface area contributed by atoms with E-state index in [-0.39, 0.29) is 0 Å². The molecule has 1 heterocycles. The van der Waals surface area contributed by atoms with Gasteiger partial charge < -0.3 is 24.8 Å². The topological polar surface area (TPSA) is 81.9 Å². The van der Waals surface area contributed by atoms with Crippen molar-refractivity contribution in [2.75, 3.05) is 39.3 Å². The Morgan fingerprint density at radius 1 is 1.17 bits per heavy atom. The highest BCUT2D eigenvalue weighted by molar-refractivity contribution is 5.93. The van der Waals surface area contributed by atoms with Crippen LogP contribution in [-0.2, 0) is 17.8 Å². The van der Waals surface area contributed by atoms with Crippen LogP contribution in [0.5, 0.6) is 11.5 Å². The van der Waals surface area contributed by atoms with Gasteiger partial charge in [0.05, 0.1) is 39.1 Å². The number of hydrogen-bond donors (Lipinski definition) is 2. The zero-order valence-corrected chi connectivity index (χ0v) is 18.3. The van der Waals surface area contributed by atoms with Crippen LogP contribution in [0.25, 0.3) is 0 Å². The number of anilines is 1. The number of benzene rings is 1. The number of guanidine groups is 1. The number of nitrogens with zero attached hydrogens (tertiary/aromatic N) is 3. The summed E-state index contributed by atoms with van der Waals surface area (Å²) >= 11 is 0. The van der Waals surface area contributed by atoms with Gasteiger partial charge in [-0.25, -0.2) is 4.99 Å². The van der Waals surface area contributed by atoms with E-state index < -0.39 is 0 Å². The lowest BCUT2D eigenvalue weighted by Gasteiger charge is -2.14. The lowest BCUT2D eigenvalue weighted by molar-refractivity contribution is 0.182. The molecule has 2 rings (SSSR count). The number of methoxy groups -OCH3 is 2. The number of nitrogens with one attached hydrogen (secondary N) is 2. The molecule has 0 atom stereocenters. The molecule has 1 aromatic carbocycles. The van der Waals surface area contributed by atoms with Crippen molar-refractivity contribution in [3.63, 3.8) is 0 Å². The van der Waals surface area contributed by atoms with Gasteiger partial charge in [0.2, 0.25) is 0 Å². The Bertz CT molecular complexity index is 817. The molecule has 0 radical (unpaired) electrons. The molecule has 0 fully saturated rings. The molecule has 0 aliphatic rings. The maximum atomic E-state index is 5.66. The van der Waals surface area contributed by atoms with Crippen molar-refractivity contribution < 1.29 is 14.2 Å². The van der Waals surface area contributed by atoms with Crippen molar-refractivity contribution in [1.82, 2.24) is 15.1 Å². The Hall–Kier alpha value is -2.74. The van der Waals surface area contributed by atoms with E-state index in [1.54, 1.807) is 14.2 Å². The van der Waals surface area contributed by atoms with Crippen LogP contribution >= 0.6 is 0 Å². The molecule has 0 saturated carbocycles. The highest BCUT2D eigenvalue weighted by atomic mass is 16.5. The summed E-state index contributed by atoms with van der Waals surface area (Å²) in [6.45, 7) is 11.3. The average Bonchev–Trinajstić information content (AvgIpc) is 2.98. The molecule has 0 bridgehead atoms. The minimum absolute atomic E-state index is 0.536. The normalized spacial score (nSPS) is 11.4. The Kier molecular flexibility index (Phi) is 8.79. The maximum absolute atomic E-state index is 5.66. The lowest BCUT2D eigenvalue weighted by Crippen LogP contribution is -2.30. The molecule has 8 heteroatoms. The van der Waals surface area contributed by atoms with Gasteiger partial charge in [0.25, 0.3) is 0 Å². The van der Waals surface area contributed by atoms with Gasteiger partial charge in [-0.1, -0.05) is 0 Å². The van der Waals surface area contributed by atoms with Gasteiger partial charge >= 0.3 is 0 Å². The Morgan fingerprint density at radius 2 is 1.97 bits per heavy atom. The fourth-order valence-electron chi connectivity index (χ4n) is 2.98. The van der Waals surface area contributed by atoms with Crippen LogP contribution in [0.1, 0.15) is 30.8 Å². The van der Waals surface area contributed by atoms with E-state index in [1.165, 1.54) is 0 Å². The standard InChI is InChI=1S/C21H33N5O3/c1-7-22-21(24-17-9-10-19(28-6)20(13-17)29-8-2)23-14-18-15(3)25-26(16(18)4)11-12-27-5/h9-10,13H,7-8,11-12,14H2,1-6H3,(H2,22,23,24). The fraction of sp³-hybridized carbons (Fsp3) is 0.524. The average molecular weight is 404 g/mol. The molecule has 0 aliphatic carbocycles. The molecule has 0 saturated heterocycles. The highest BCUT2D eigenvalue weighted by Crippen LogP contribution is 2.30. The zero-order valence-electron chi connectivity index (χ0n) is 18.3. The molecule has 160 valence electrons. The van der Waals surface area contributed by atoms with E-state index in [4.69, 9.17) is 19.2 Å². The van der Waals surface area contributed by atoms with Crippen LogP contribution in [0, 0.1) is 13.8 Å². The first-order valence-electron chi connectivity index (χ1n) is 9.91. The van der Waals surface area contributed by atoms with Crippen molar-refractivity contribution in [3.05, 3.63) is 35.2 Å². The largest absolute Gasteiger partial charge is 0.493 e. The molecule has 0 unspecified atom stereocenters. The third kappa shape index (κ3) is 6.12. The number of aromatic nitrogens is 2. The third-order valence-corrected chi connectivity index (χ3v) is 4.50. The second-order valence-corrected chi connectivity index (χ2v) is 6.48. The number of rotatable bonds is 10. The summed E-state index contributed by atoms with van der Waals surface area (Å²) in [5.74, 6) is 2.10. The number of aliphatic imine (C=N–C) groups is 1. The zero-order chi connectivity index (χ0) is 21.2. The molecule has 8 nitrogen and oxygen atoms in total. The molecule has 29 heavy (non-hydrogen) atoms. The summed E-state index contributed by atoms with van der Waals surface area (Å²) in [5.41, 5.74) is 4.10. The van der Waals surface area contributed by atoms with Gasteiger partial charge in [-0.15, -0.1) is 0 Å². The van der Waals surface area contributed by atoms with Gasteiger partial charge in [0, 0.05) is 36.7 Å². The summed E-state index contributed by atoms with van der Waals surface area (Å²) in [4.78, 5) is 4.75. The summed E-state index contributed by atoms with van der Waals surface area (Å²) in [6.07, 6.45) is 0. The van der Waals surface area contributed by atoms with Crippen molar-refractivity contribution in [2.24, 2.45) is 4.99 Å². The smallest absolute Gasteiger partial charge is 0.196 e. The van der Waals surface area contributed by atoms with Crippen LogP contribution in [0.4, 0.5) is 5.69 Å². The summed E-state index contributed by atoms with van der Waals surface area (Å²) in [7, 11) is 3.33. The van der Waals surface area contributed by atoms with Gasteiger partial charge in [-0.2, -0.15) is 5.10 Å². The van der Waals surface area contributed by atoms with Gasteiger partial charge in [0.15, 0.2) is 17.5 Å². The second kappa shape index (κ2) is 11.3. The molecule has 0 spiro atoms. The molecule has 0 aliphatic heterocycles. The van der Waals surface area contributed by atoms with Crippen molar-refractivity contribution in [2.45, 2.75) is 40.8 Å². The number of hydrogen-bond acceptors (Lipinski definition) is 5. The Balaban J connectivity index is 2.19. The van der Waals surface area contributed by atoms with Crippen LogP contribution in [0.3, 0.4) is 0 Å². The van der Waals surface area contributed by atoms with Gasteiger partial charge in [-0.3, -0.25) is 4.68 Å². The van der Waals surface area contributed by atoms with E-state index >= 15 is 0 Å². The molecular weight excluding hydrogens is 370 g/mol. The minimum Gasteiger partial charge on any atom is -0.493 e. The van der Waals surface area contributed by atoms with Crippen LogP contribution in [0.2, 0.25) is 0 Å². The molecule has 2 aromatic rings. The predicted molar refractivity (Wildman–Crippen MR) is 116 cm³/mol. The van der Waals surface area contributed by atoms with Crippen LogP contribution < -0.4 is 20.1 Å². The molecule has 2 N–H and O–H groups in total. The first-order chi connectivity index (χ1) is 14.0. The minimum atomic E-state index is 0.536. The molecule has 0 amide bonds. The van der Waals surface area contributed by atoms with Crippen LogP contribution in [-0.4, -0.2) is 49.7 Å². The van der Waals surface area contributed by atoms with E-state index in [9.17, 15) is 0 Å². The van der Waals surface area contributed by atoms with Gasteiger partial charge in [-0.05, 0) is 39.8 Å². The summed E-state index contributed by atoms with van der Waals surface area (Å²) < 4.78 is 18.1. The van der Waals surface area contributed by atoms with Crippen LogP contribution in [0.15, 0.2) is 23.2 Å². The van der Waals surface area contributed by atoms with Gasteiger partial charge in [0.1, 0.15) is 0 Å². The fourth-order valence-corrected chi connectivity index (χ4v) is 2.98. The van der Waals surface area contributed by atoms with Crippen molar-refractivity contribution in [1.29, 1.82) is 0 Å². The Morgan fingerprint density at radius 3 is 2.62 bits per heavy atom. The van der Waals surface area contributed by atoms with E-state index in [2.05, 4.69) is 22.7 Å². The predicted octanol–water partition coefficient (Wildman–Crippen LogP) is 3.13. The van der Waals surface area contributed by atoms with Crippen molar-refractivity contribution in [3.8, 4) is 11.5 Å². The van der Waals surface area contributed by atoms with Crippen molar-refractivity contribution >= 4 is 11.6 Å². The maximum Gasteiger partial charge on any atom is 0.196 e.